The summed E-state index contributed by atoms with van der Waals surface area (Å²) < 4.78 is 17.5. The van der Waals surface area contributed by atoms with Crippen LogP contribution in [-0.2, 0) is 9.53 Å². The van der Waals surface area contributed by atoms with Crippen LogP contribution in [0, 0.1) is 0 Å². The predicted octanol–water partition coefficient (Wildman–Crippen LogP) is 6.41. The van der Waals surface area contributed by atoms with Gasteiger partial charge in [0.05, 0.1) is 5.39 Å². The maximum Gasteiger partial charge on any atom is 0.330 e. The average molecular weight is 465 g/mol. The third-order valence-electron chi connectivity index (χ3n) is 5.76. The summed E-state index contributed by atoms with van der Waals surface area (Å²) in [4.78, 5) is 11.3. The first kappa shape index (κ1) is 22.4. The molecule has 1 unspecified atom stereocenters. The highest BCUT2D eigenvalue weighted by atomic mass is 16.5. The van der Waals surface area contributed by atoms with E-state index in [4.69, 9.17) is 14.2 Å². The quantitative estimate of drug-likeness (QED) is 0.163. The van der Waals surface area contributed by atoms with Gasteiger partial charge >= 0.3 is 5.97 Å². The molecule has 5 nitrogen and oxygen atoms in total. The van der Waals surface area contributed by atoms with E-state index in [-0.39, 0.29) is 13.2 Å². The Bertz CT molecular complexity index is 1540. The molecule has 5 aromatic rings. The molecular formula is C30H24O5. The van der Waals surface area contributed by atoms with Crippen molar-refractivity contribution < 1.29 is 24.1 Å². The molecule has 1 N–H and O–H groups in total. The summed E-state index contributed by atoms with van der Waals surface area (Å²) in [5.41, 5.74) is 0. The van der Waals surface area contributed by atoms with Gasteiger partial charge in [0.25, 0.3) is 0 Å². The Hall–Kier alpha value is -4.35. The van der Waals surface area contributed by atoms with Crippen LogP contribution in [0.1, 0.15) is 0 Å². The largest absolute Gasteiger partial charge is 0.489 e. The molecule has 0 spiro atoms. The Morgan fingerprint density at radius 2 is 1.57 bits per heavy atom. The van der Waals surface area contributed by atoms with E-state index in [0.717, 1.165) is 38.4 Å². The molecule has 35 heavy (non-hydrogen) atoms. The van der Waals surface area contributed by atoms with Crippen molar-refractivity contribution in [3.05, 3.63) is 104 Å². The highest BCUT2D eigenvalue weighted by molar-refractivity contribution is 6.08. The fourth-order valence-electron chi connectivity index (χ4n) is 4.10. The normalized spacial score (nSPS) is 11.9. The third kappa shape index (κ3) is 4.81. The van der Waals surface area contributed by atoms with E-state index in [2.05, 4.69) is 18.7 Å². The summed E-state index contributed by atoms with van der Waals surface area (Å²) in [5, 5.41) is 16.2. The van der Waals surface area contributed by atoms with E-state index < -0.39 is 12.1 Å². The molecule has 0 aliphatic rings. The van der Waals surface area contributed by atoms with Crippen LogP contribution < -0.4 is 9.47 Å². The minimum atomic E-state index is -0.999. The Morgan fingerprint density at radius 1 is 0.829 bits per heavy atom. The molecule has 0 aliphatic heterocycles. The van der Waals surface area contributed by atoms with Crippen LogP contribution in [0.2, 0.25) is 0 Å². The fourth-order valence-corrected chi connectivity index (χ4v) is 4.10. The van der Waals surface area contributed by atoms with E-state index in [1.54, 1.807) is 0 Å². The number of aliphatic hydroxyl groups is 1. The van der Waals surface area contributed by atoms with Crippen molar-refractivity contribution >= 4 is 38.3 Å². The molecule has 5 rings (SSSR count). The van der Waals surface area contributed by atoms with Crippen LogP contribution in [0.4, 0.5) is 0 Å². The monoisotopic (exact) mass is 464 g/mol. The number of ether oxygens (including phenoxy) is 3. The van der Waals surface area contributed by atoms with Gasteiger partial charge in [0, 0.05) is 11.5 Å². The van der Waals surface area contributed by atoms with E-state index >= 15 is 0 Å². The fraction of sp³-hybridized carbons (Fsp3) is 0.100. The van der Waals surface area contributed by atoms with Gasteiger partial charge < -0.3 is 19.3 Å². The highest BCUT2D eigenvalue weighted by Gasteiger charge is 2.16. The van der Waals surface area contributed by atoms with Crippen molar-refractivity contribution in [3.8, 4) is 17.2 Å². The number of aliphatic hydroxyl groups excluding tert-OH is 1. The second kappa shape index (κ2) is 9.87. The zero-order valence-electron chi connectivity index (χ0n) is 19.0. The molecule has 1 atom stereocenters. The van der Waals surface area contributed by atoms with Crippen molar-refractivity contribution in [2.75, 3.05) is 13.2 Å². The van der Waals surface area contributed by atoms with Crippen molar-refractivity contribution in [3.63, 3.8) is 0 Å². The molecular weight excluding hydrogens is 440 g/mol. The molecule has 5 aromatic carbocycles. The van der Waals surface area contributed by atoms with Gasteiger partial charge in [-0.15, -0.1) is 0 Å². The van der Waals surface area contributed by atoms with Gasteiger partial charge in [0.15, 0.2) is 0 Å². The van der Waals surface area contributed by atoms with Crippen molar-refractivity contribution in [2.24, 2.45) is 0 Å². The maximum absolute atomic E-state index is 11.3. The Kier molecular flexibility index (Phi) is 6.33. The lowest BCUT2D eigenvalue weighted by atomic mass is 10.0. The highest BCUT2D eigenvalue weighted by Crippen LogP contribution is 2.42. The number of hydrogen-bond acceptors (Lipinski definition) is 5. The van der Waals surface area contributed by atoms with Gasteiger partial charge in [-0.2, -0.15) is 0 Å². The second-order valence-corrected chi connectivity index (χ2v) is 8.19. The lowest BCUT2D eigenvalue weighted by molar-refractivity contribution is -0.141. The van der Waals surface area contributed by atoms with Crippen molar-refractivity contribution in [1.29, 1.82) is 0 Å². The molecule has 0 fully saturated rings. The van der Waals surface area contributed by atoms with E-state index in [0.29, 0.717) is 17.2 Å². The number of esters is 1. The lowest BCUT2D eigenvalue weighted by Crippen LogP contribution is -2.24. The topological polar surface area (TPSA) is 65.0 Å². The van der Waals surface area contributed by atoms with Gasteiger partial charge in [-0.05, 0) is 45.8 Å². The number of carbonyl (C=O) groups excluding carboxylic acids is 1. The first-order chi connectivity index (χ1) is 17.1. The smallest absolute Gasteiger partial charge is 0.330 e. The Labute approximate surface area is 202 Å². The van der Waals surface area contributed by atoms with Crippen LogP contribution in [0.15, 0.2) is 104 Å². The second-order valence-electron chi connectivity index (χ2n) is 8.19. The summed E-state index contributed by atoms with van der Waals surface area (Å²) in [5.74, 6) is 1.37. The molecule has 0 saturated heterocycles. The predicted molar refractivity (Wildman–Crippen MR) is 138 cm³/mol. The van der Waals surface area contributed by atoms with Gasteiger partial charge in [-0.25, -0.2) is 4.79 Å². The summed E-state index contributed by atoms with van der Waals surface area (Å²) in [6, 6.07) is 29.9. The maximum atomic E-state index is 11.3. The molecule has 0 aromatic heterocycles. The molecule has 0 radical (unpaired) electrons. The van der Waals surface area contributed by atoms with Gasteiger partial charge in [0.1, 0.15) is 36.6 Å². The Balaban J connectivity index is 1.54. The standard InChI is InChI=1S/C30H24O5/c1-2-28(32)33-18-24(31)19-34-30-26-12-6-5-10-22(26)16-23-11-7-13-27(29(23)30)35-25-15-14-20-8-3-4-9-21(20)17-25/h2-17,24,31H,1,18-19H2. The molecule has 0 bridgehead atoms. The zero-order valence-corrected chi connectivity index (χ0v) is 19.0. The number of benzene rings is 5. The van der Waals surface area contributed by atoms with Crippen molar-refractivity contribution in [2.45, 2.75) is 6.10 Å². The van der Waals surface area contributed by atoms with Crippen molar-refractivity contribution in [1.82, 2.24) is 0 Å². The van der Waals surface area contributed by atoms with E-state index in [9.17, 15) is 9.90 Å². The summed E-state index contributed by atoms with van der Waals surface area (Å²) in [6.45, 7) is 3.12. The molecule has 174 valence electrons. The molecule has 0 heterocycles. The lowest BCUT2D eigenvalue weighted by Gasteiger charge is -2.18. The molecule has 0 saturated carbocycles. The first-order valence-corrected chi connectivity index (χ1v) is 11.3. The average Bonchev–Trinajstić information content (AvgIpc) is 2.89. The molecule has 5 heteroatoms. The number of carbonyl (C=O) groups is 1. The number of rotatable bonds is 8. The van der Waals surface area contributed by atoms with Crippen LogP contribution in [0.5, 0.6) is 17.2 Å². The minimum Gasteiger partial charge on any atom is -0.489 e. The summed E-state index contributed by atoms with van der Waals surface area (Å²) >= 11 is 0. The Morgan fingerprint density at radius 3 is 2.40 bits per heavy atom. The minimum absolute atomic E-state index is 0.0577. The first-order valence-electron chi connectivity index (χ1n) is 11.3. The SMILES string of the molecule is C=CC(=O)OCC(O)COc1c2ccccc2cc2cccc(Oc3ccc4ccccc4c3)c12. The van der Waals surface area contributed by atoms with Crippen LogP contribution in [-0.4, -0.2) is 30.4 Å². The van der Waals surface area contributed by atoms with E-state index in [1.807, 2.05) is 78.9 Å². The van der Waals surface area contributed by atoms with Crippen LogP contribution in [0.3, 0.4) is 0 Å². The summed E-state index contributed by atoms with van der Waals surface area (Å²) in [7, 11) is 0. The van der Waals surface area contributed by atoms with Gasteiger partial charge in [-0.1, -0.05) is 73.3 Å². The zero-order chi connectivity index (χ0) is 24.2. The molecule has 0 aliphatic carbocycles. The number of hydrogen-bond donors (Lipinski definition) is 1. The third-order valence-corrected chi connectivity index (χ3v) is 5.76. The van der Waals surface area contributed by atoms with Crippen LogP contribution in [0.25, 0.3) is 32.3 Å². The molecule has 0 amide bonds. The van der Waals surface area contributed by atoms with Gasteiger partial charge in [0.2, 0.25) is 0 Å². The summed E-state index contributed by atoms with van der Waals surface area (Å²) in [6.07, 6.45) is 0.0591. The van der Waals surface area contributed by atoms with Crippen LogP contribution >= 0.6 is 0 Å². The van der Waals surface area contributed by atoms with E-state index in [1.165, 1.54) is 0 Å². The number of fused-ring (bicyclic) bond motifs is 3. The van der Waals surface area contributed by atoms with Gasteiger partial charge in [-0.3, -0.25) is 0 Å².